The second-order valence-corrected chi connectivity index (χ2v) is 5.41. The van der Waals surface area contributed by atoms with Crippen LogP contribution in [0.5, 0.6) is 0 Å². The number of nitrogens with two attached hydrogens (primary N) is 2. The average molecular weight is 258 g/mol. The third kappa shape index (κ3) is 3.28. The van der Waals surface area contributed by atoms with Crippen LogP contribution in [0.4, 0.5) is 5.69 Å². The van der Waals surface area contributed by atoms with E-state index in [2.05, 4.69) is 25.1 Å². The summed E-state index contributed by atoms with van der Waals surface area (Å²) in [6.07, 6.45) is 0. The van der Waals surface area contributed by atoms with Gasteiger partial charge in [0.05, 0.1) is 0 Å². The fraction of sp³-hybridized carbons (Fsp3) is 0.200. The first kappa shape index (κ1) is 13.0. The van der Waals surface area contributed by atoms with Gasteiger partial charge in [0.15, 0.2) is 0 Å². The van der Waals surface area contributed by atoms with Gasteiger partial charge < -0.3 is 11.5 Å². The van der Waals surface area contributed by atoms with Crippen molar-refractivity contribution in [2.75, 3.05) is 11.5 Å². The second-order valence-electron chi connectivity index (χ2n) is 4.35. The van der Waals surface area contributed by atoms with Crippen molar-refractivity contribution in [1.29, 1.82) is 0 Å². The van der Waals surface area contributed by atoms with E-state index < -0.39 is 0 Å². The quantitative estimate of drug-likeness (QED) is 0.653. The first-order valence-corrected chi connectivity index (χ1v) is 6.95. The lowest BCUT2D eigenvalue weighted by molar-refractivity contribution is 0.831. The summed E-state index contributed by atoms with van der Waals surface area (Å²) in [6, 6.07) is 16.2. The Labute approximate surface area is 112 Å². The summed E-state index contributed by atoms with van der Waals surface area (Å²) in [7, 11) is 0. The van der Waals surface area contributed by atoms with Gasteiger partial charge in [-0.2, -0.15) is 0 Å². The molecule has 0 spiro atoms. The molecule has 1 atom stereocenters. The van der Waals surface area contributed by atoms with Crippen LogP contribution >= 0.6 is 11.8 Å². The molecule has 0 saturated heterocycles. The minimum Gasteiger partial charge on any atom is -0.399 e. The molecule has 0 fully saturated rings. The number of thioether (sulfide) groups is 1. The van der Waals surface area contributed by atoms with Crippen LogP contribution in [0.25, 0.3) is 0 Å². The van der Waals surface area contributed by atoms with Gasteiger partial charge in [-0.25, -0.2) is 0 Å². The van der Waals surface area contributed by atoms with Gasteiger partial charge >= 0.3 is 0 Å². The molecule has 4 N–H and O–H groups in total. The molecule has 0 bridgehead atoms. The van der Waals surface area contributed by atoms with Crippen molar-refractivity contribution in [1.82, 2.24) is 0 Å². The lowest BCUT2D eigenvalue weighted by Gasteiger charge is -2.12. The highest BCUT2D eigenvalue weighted by molar-refractivity contribution is 7.99. The van der Waals surface area contributed by atoms with Crippen LogP contribution < -0.4 is 11.5 Å². The van der Waals surface area contributed by atoms with Gasteiger partial charge in [0.25, 0.3) is 0 Å². The Hall–Kier alpha value is -1.45. The van der Waals surface area contributed by atoms with Gasteiger partial charge in [-0.1, -0.05) is 30.3 Å². The van der Waals surface area contributed by atoms with Crippen molar-refractivity contribution in [2.24, 2.45) is 5.73 Å². The fourth-order valence-corrected chi connectivity index (χ4v) is 2.81. The molecule has 2 nitrogen and oxygen atoms in total. The molecule has 94 valence electrons. The Kier molecular flexibility index (Phi) is 4.28. The van der Waals surface area contributed by atoms with E-state index in [1.807, 2.05) is 30.3 Å². The van der Waals surface area contributed by atoms with E-state index in [0.29, 0.717) is 0 Å². The molecule has 1 unspecified atom stereocenters. The molecule has 0 amide bonds. The summed E-state index contributed by atoms with van der Waals surface area (Å²) in [4.78, 5) is 1.25. The predicted molar refractivity (Wildman–Crippen MR) is 79.7 cm³/mol. The van der Waals surface area contributed by atoms with Gasteiger partial charge in [-0.05, 0) is 36.2 Å². The number of benzene rings is 2. The highest BCUT2D eigenvalue weighted by Crippen LogP contribution is 2.27. The van der Waals surface area contributed by atoms with Crippen LogP contribution in [0.15, 0.2) is 53.4 Å². The lowest BCUT2D eigenvalue weighted by atomic mass is 10.1. The van der Waals surface area contributed by atoms with E-state index in [9.17, 15) is 0 Å². The number of aryl methyl sites for hydroxylation is 1. The summed E-state index contributed by atoms with van der Waals surface area (Å²) in [5.74, 6) is 0.870. The Morgan fingerprint density at radius 3 is 2.50 bits per heavy atom. The SMILES string of the molecule is Cc1cc(N)ccc1SCC(N)c1ccccc1. The zero-order valence-corrected chi connectivity index (χ0v) is 11.3. The maximum absolute atomic E-state index is 6.18. The molecular formula is C15H18N2S. The Bertz CT molecular complexity index is 511. The number of hydrogen-bond acceptors (Lipinski definition) is 3. The third-order valence-electron chi connectivity index (χ3n) is 2.85. The first-order chi connectivity index (χ1) is 8.66. The standard InChI is InChI=1S/C15H18N2S/c1-11-9-13(16)7-8-15(11)18-10-14(17)12-5-3-2-4-6-12/h2-9,14H,10,16-17H2,1H3. The first-order valence-electron chi connectivity index (χ1n) is 5.96. The smallest absolute Gasteiger partial charge is 0.0390 e. The van der Waals surface area contributed by atoms with Gasteiger partial charge in [0.2, 0.25) is 0 Å². The molecule has 0 saturated carbocycles. The van der Waals surface area contributed by atoms with E-state index in [4.69, 9.17) is 11.5 Å². The highest BCUT2D eigenvalue weighted by atomic mass is 32.2. The van der Waals surface area contributed by atoms with Crippen LogP contribution in [0.2, 0.25) is 0 Å². The molecule has 3 heteroatoms. The normalized spacial score (nSPS) is 12.3. The fourth-order valence-electron chi connectivity index (χ4n) is 1.81. The maximum Gasteiger partial charge on any atom is 0.0390 e. The van der Waals surface area contributed by atoms with Crippen LogP contribution in [0.3, 0.4) is 0 Å². The minimum absolute atomic E-state index is 0.0631. The van der Waals surface area contributed by atoms with E-state index in [1.54, 1.807) is 11.8 Å². The Balaban J connectivity index is 1.99. The molecule has 2 rings (SSSR count). The zero-order valence-electron chi connectivity index (χ0n) is 10.5. The van der Waals surface area contributed by atoms with E-state index in [-0.39, 0.29) is 6.04 Å². The zero-order chi connectivity index (χ0) is 13.0. The molecule has 0 radical (unpaired) electrons. The van der Waals surface area contributed by atoms with Crippen molar-refractivity contribution in [3.63, 3.8) is 0 Å². The molecule has 0 aromatic heterocycles. The molecule has 0 aliphatic heterocycles. The summed E-state index contributed by atoms with van der Waals surface area (Å²) in [6.45, 7) is 2.08. The average Bonchev–Trinajstić information content (AvgIpc) is 2.38. The highest BCUT2D eigenvalue weighted by Gasteiger charge is 2.07. The Morgan fingerprint density at radius 2 is 1.83 bits per heavy atom. The van der Waals surface area contributed by atoms with Crippen LogP contribution in [0.1, 0.15) is 17.2 Å². The van der Waals surface area contributed by atoms with Crippen molar-refractivity contribution in [2.45, 2.75) is 17.9 Å². The molecule has 0 aliphatic rings. The molecule has 0 aliphatic carbocycles. The van der Waals surface area contributed by atoms with Crippen LogP contribution in [-0.4, -0.2) is 5.75 Å². The number of anilines is 1. The largest absolute Gasteiger partial charge is 0.399 e. The van der Waals surface area contributed by atoms with E-state index in [1.165, 1.54) is 16.0 Å². The van der Waals surface area contributed by atoms with E-state index in [0.717, 1.165) is 11.4 Å². The molecule has 18 heavy (non-hydrogen) atoms. The molecule has 0 heterocycles. The summed E-state index contributed by atoms with van der Waals surface area (Å²) in [5.41, 5.74) is 15.1. The van der Waals surface area contributed by atoms with Crippen molar-refractivity contribution >= 4 is 17.4 Å². The topological polar surface area (TPSA) is 52.0 Å². The lowest BCUT2D eigenvalue weighted by Crippen LogP contribution is -2.12. The maximum atomic E-state index is 6.18. The second kappa shape index (κ2) is 5.94. The van der Waals surface area contributed by atoms with Gasteiger partial charge in [0.1, 0.15) is 0 Å². The van der Waals surface area contributed by atoms with Crippen molar-refractivity contribution < 1.29 is 0 Å². The Morgan fingerprint density at radius 1 is 1.11 bits per heavy atom. The molecular weight excluding hydrogens is 240 g/mol. The molecule has 2 aromatic rings. The minimum atomic E-state index is 0.0631. The van der Waals surface area contributed by atoms with Gasteiger partial charge in [-0.15, -0.1) is 11.8 Å². The van der Waals surface area contributed by atoms with Crippen molar-refractivity contribution in [3.8, 4) is 0 Å². The summed E-state index contributed by atoms with van der Waals surface area (Å²) >= 11 is 1.78. The van der Waals surface area contributed by atoms with Gasteiger partial charge in [0, 0.05) is 22.4 Å². The number of rotatable bonds is 4. The predicted octanol–water partition coefficient (Wildman–Crippen LogP) is 3.37. The summed E-state index contributed by atoms with van der Waals surface area (Å²) in [5, 5.41) is 0. The summed E-state index contributed by atoms with van der Waals surface area (Å²) < 4.78 is 0. The van der Waals surface area contributed by atoms with Crippen LogP contribution in [0, 0.1) is 6.92 Å². The van der Waals surface area contributed by atoms with Crippen molar-refractivity contribution in [3.05, 3.63) is 59.7 Å². The third-order valence-corrected chi connectivity index (χ3v) is 4.14. The van der Waals surface area contributed by atoms with E-state index >= 15 is 0 Å². The molecule has 2 aromatic carbocycles. The monoisotopic (exact) mass is 258 g/mol. The number of hydrogen-bond donors (Lipinski definition) is 2. The van der Waals surface area contributed by atoms with Crippen LogP contribution in [-0.2, 0) is 0 Å². The number of nitrogen functional groups attached to an aromatic ring is 1. The van der Waals surface area contributed by atoms with Gasteiger partial charge in [-0.3, -0.25) is 0 Å².